The zero-order chi connectivity index (χ0) is 19.4. The van der Waals surface area contributed by atoms with Crippen LogP contribution in [-0.2, 0) is 5.41 Å². The number of carbonyl (C=O) groups is 1. The van der Waals surface area contributed by atoms with Crippen LogP contribution in [0.5, 0.6) is 0 Å². The summed E-state index contributed by atoms with van der Waals surface area (Å²) in [5.74, 6) is 0.0987. The van der Waals surface area contributed by atoms with Crippen LogP contribution in [0.25, 0.3) is 0 Å². The molecule has 0 atom stereocenters. The molecular weight excluding hydrogens is 374 g/mol. The number of para-hydroxylation sites is 1. The van der Waals surface area contributed by atoms with E-state index < -0.39 is 5.41 Å². The molecule has 6 rings (SSSR count). The summed E-state index contributed by atoms with van der Waals surface area (Å²) in [5.41, 5.74) is 6.56. The van der Waals surface area contributed by atoms with E-state index in [9.17, 15) is 4.79 Å². The Morgan fingerprint density at radius 1 is 0.586 bits per heavy atom. The second kappa shape index (κ2) is 6.10. The largest absolute Gasteiger partial charge is 0.325 e. The number of hydrogen-bond donors (Lipinski definition) is 1. The summed E-state index contributed by atoms with van der Waals surface area (Å²) >= 11 is 1.64. The molecule has 4 aromatic rings. The van der Waals surface area contributed by atoms with Crippen molar-refractivity contribution in [3.8, 4) is 0 Å². The first-order chi connectivity index (χ1) is 14.3. The molecule has 1 N–H and O–H groups in total. The molecule has 0 saturated heterocycles. The zero-order valence-electron chi connectivity index (χ0n) is 15.6. The lowest BCUT2D eigenvalue weighted by Gasteiger charge is -2.41. The third-order valence-electron chi connectivity index (χ3n) is 6.04. The van der Waals surface area contributed by atoms with Gasteiger partial charge in [0, 0.05) is 21.7 Å². The second-order valence-electron chi connectivity index (χ2n) is 7.42. The standard InChI is InChI=1S/C26H17NOS/c28-25-17-9-1-3-11-19(17)26(20-12-4-2-10-18(20)25)21-13-5-7-15-23(21)27-29-24-16-8-6-14-22(24)26/h1-16,27H. The van der Waals surface area contributed by atoms with E-state index in [4.69, 9.17) is 0 Å². The molecule has 1 aliphatic heterocycles. The van der Waals surface area contributed by atoms with Crippen LogP contribution in [0.3, 0.4) is 0 Å². The molecule has 1 spiro atoms. The summed E-state index contributed by atoms with van der Waals surface area (Å²) in [4.78, 5) is 14.6. The van der Waals surface area contributed by atoms with Crippen LogP contribution in [0.1, 0.15) is 38.2 Å². The van der Waals surface area contributed by atoms with Crippen LogP contribution in [0.15, 0.2) is 102 Å². The normalized spacial score (nSPS) is 15.4. The number of anilines is 1. The van der Waals surface area contributed by atoms with E-state index in [2.05, 4.69) is 65.4 Å². The van der Waals surface area contributed by atoms with Crippen LogP contribution in [-0.4, -0.2) is 5.78 Å². The van der Waals surface area contributed by atoms with Gasteiger partial charge in [0.25, 0.3) is 0 Å². The maximum atomic E-state index is 13.4. The quantitative estimate of drug-likeness (QED) is 0.326. The highest BCUT2D eigenvalue weighted by atomic mass is 32.2. The van der Waals surface area contributed by atoms with Gasteiger partial charge in [-0.25, -0.2) is 0 Å². The van der Waals surface area contributed by atoms with Crippen molar-refractivity contribution in [1.82, 2.24) is 0 Å². The lowest BCUT2D eigenvalue weighted by molar-refractivity contribution is 0.103. The molecule has 0 unspecified atom stereocenters. The van der Waals surface area contributed by atoms with Crippen molar-refractivity contribution in [2.45, 2.75) is 10.3 Å². The number of benzene rings is 4. The smallest absolute Gasteiger partial charge is 0.193 e. The Morgan fingerprint density at radius 2 is 1.10 bits per heavy atom. The van der Waals surface area contributed by atoms with E-state index in [0.717, 1.165) is 27.9 Å². The van der Waals surface area contributed by atoms with Gasteiger partial charge < -0.3 is 4.72 Å². The van der Waals surface area contributed by atoms with E-state index in [-0.39, 0.29) is 5.78 Å². The number of nitrogens with one attached hydrogen (secondary N) is 1. The molecule has 0 bridgehead atoms. The van der Waals surface area contributed by atoms with Crippen molar-refractivity contribution in [1.29, 1.82) is 0 Å². The van der Waals surface area contributed by atoms with Gasteiger partial charge in [0.15, 0.2) is 5.78 Å². The average Bonchev–Trinajstić information content (AvgIpc) is 2.93. The summed E-state index contributed by atoms with van der Waals surface area (Å²) in [6.45, 7) is 0. The predicted molar refractivity (Wildman–Crippen MR) is 118 cm³/mol. The summed E-state index contributed by atoms with van der Waals surface area (Å²) in [6, 6.07) is 33.1. The van der Waals surface area contributed by atoms with Gasteiger partial charge in [0.05, 0.1) is 5.41 Å². The first kappa shape index (κ1) is 16.6. The Bertz CT molecular complexity index is 1190. The molecule has 29 heavy (non-hydrogen) atoms. The molecule has 1 heterocycles. The van der Waals surface area contributed by atoms with Gasteiger partial charge in [-0.2, -0.15) is 0 Å². The molecule has 138 valence electrons. The molecule has 0 saturated carbocycles. The highest BCUT2D eigenvalue weighted by molar-refractivity contribution is 8.00. The topological polar surface area (TPSA) is 29.1 Å². The molecule has 2 nitrogen and oxygen atoms in total. The highest BCUT2D eigenvalue weighted by Crippen LogP contribution is 2.56. The summed E-state index contributed by atoms with van der Waals surface area (Å²) in [7, 11) is 0. The third kappa shape index (κ3) is 2.11. The molecule has 3 heteroatoms. The molecule has 0 fully saturated rings. The molecule has 0 radical (unpaired) electrons. The van der Waals surface area contributed by atoms with Gasteiger partial charge in [0.2, 0.25) is 0 Å². The number of hydrogen-bond acceptors (Lipinski definition) is 3. The number of ketones is 1. The van der Waals surface area contributed by atoms with E-state index >= 15 is 0 Å². The predicted octanol–water partition coefficient (Wildman–Crippen LogP) is 6.05. The minimum atomic E-state index is -0.551. The average molecular weight is 391 g/mol. The van der Waals surface area contributed by atoms with Crippen LogP contribution in [0.4, 0.5) is 5.69 Å². The fourth-order valence-corrected chi connectivity index (χ4v) is 5.78. The highest BCUT2D eigenvalue weighted by Gasteiger charge is 2.49. The summed E-state index contributed by atoms with van der Waals surface area (Å²) in [6.07, 6.45) is 0. The van der Waals surface area contributed by atoms with E-state index in [0.29, 0.717) is 0 Å². The van der Waals surface area contributed by atoms with Gasteiger partial charge >= 0.3 is 0 Å². The van der Waals surface area contributed by atoms with Gasteiger partial charge in [-0.05, 0) is 46.3 Å². The third-order valence-corrected chi connectivity index (χ3v) is 6.94. The SMILES string of the molecule is O=C1c2ccccc2C2(c3ccccc3NSc3ccccc32)c2ccccc21. The summed E-state index contributed by atoms with van der Waals surface area (Å²) in [5, 5.41) is 0. The molecule has 2 aliphatic rings. The maximum Gasteiger partial charge on any atom is 0.193 e. The Labute approximate surface area is 173 Å². The van der Waals surface area contributed by atoms with Crippen LogP contribution in [0.2, 0.25) is 0 Å². The molecule has 0 aromatic heterocycles. The van der Waals surface area contributed by atoms with Gasteiger partial charge in [0.1, 0.15) is 0 Å². The Hall–Kier alpha value is -3.30. The first-order valence-electron chi connectivity index (χ1n) is 9.67. The minimum Gasteiger partial charge on any atom is -0.325 e. The van der Waals surface area contributed by atoms with Crippen molar-refractivity contribution in [2.75, 3.05) is 4.72 Å². The van der Waals surface area contributed by atoms with Crippen molar-refractivity contribution in [3.05, 3.63) is 130 Å². The monoisotopic (exact) mass is 391 g/mol. The van der Waals surface area contributed by atoms with Crippen LogP contribution >= 0.6 is 11.9 Å². The molecule has 0 amide bonds. The minimum absolute atomic E-state index is 0.0987. The molecule has 1 aliphatic carbocycles. The van der Waals surface area contributed by atoms with Crippen LogP contribution < -0.4 is 4.72 Å². The lowest BCUT2D eigenvalue weighted by atomic mass is 9.59. The second-order valence-corrected chi connectivity index (χ2v) is 8.26. The van der Waals surface area contributed by atoms with Gasteiger partial charge in [-0.3, -0.25) is 4.79 Å². The maximum absolute atomic E-state index is 13.4. The van der Waals surface area contributed by atoms with Crippen LogP contribution in [0, 0.1) is 0 Å². The zero-order valence-corrected chi connectivity index (χ0v) is 16.4. The Balaban J connectivity index is 1.89. The van der Waals surface area contributed by atoms with Crippen molar-refractivity contribution in [2.24, 2.45) is 0 Å². The van der Waals surface area contributed by atoms with E-state index in [1.807, 2.05) is 36.4 Å². The fourth-order valence-electron chi connectivity index (χ4n) is 4.91. The van der Waals surface area contributed by atoms with Crippen molar-refractivity contribution >= 4 is 23.4 Å². The van der Waals surface area contributed by atoms with Gasteiger partial charge in [-0.15, -0.1) is 0 Å². The van der Waals surface area contributed by atoms with Crippen molar-refractivity contribution in [3.63, 3.8) is 0 Å². The number of carbonyl (C=O) groups excluding carboxylic acids is 1. The Morgan fingerprint density at radius 3 is 1.79 bits per heavy atom. The first-order valence-corrected chi connectivity index (χ1v) is 10.5. The number of rotatable bonds is 0. The number of fused-ring (bicyclic) bond motifs is 8. The van der Waals surface area contributed by atoms with E-state index in [1.54, 1.807) is 11.9 Å². The van der Waals surface area contributed by atoms with Gasteiger partial charge in [-0.1, -0.05) is 84.9 Å². The Kier molecular flexibility index (Phi) is 3.50. The summed E-state index contributed by atoms with van der Waals surface area (Å²) < 4.78 is 3.56. The van der Waals surface area contributed by atoms with E-state index in [1.165, 1.54) is 16.0 Å². The molecule has 4 aromatic carbocycles. The molecular formula is C26H17NOS. The fraction of sp³-hybridized carbons (Fsp3) is 0.0385. The van der Waals surface area contributed by atoms with Crippen molar-refractivity contribution < 1.29 is 4.79 Å². The lowest BCUT2D eigenvalue weighted by Crippen LogP contribution is -2.38.